The van der Waals surface area contributed by atoms with Crippen molar-refractivity contribution in [2.45, 2.75) is 45.4 Å². The fourth-order valence-electron chi connectivity index (χ4n) is 2.55. The highest BCUT2D eigenvalue weighted by Crippen LogP contribution is 2.41. The second-order valence-electron chi connectivity index (χ2n) is 5.97. The van der Waals surface area contributed by atoms with Crippen molar-refractivity contribution in [1.29, 1.82) is 0 Å². The molecule has 1 saturated carbocycles. The Morgan fingerprint density at radius 1 is 1.32 bits per heavy atom. The Labute approximate surface area is 116 Å². The summed E-state index contributed by atoms with van der Waals surface area (Å²) in [4.78, 5) is 8.64. The molecule has 0 amide bonds. The average Bonchev–Trinajstić information content (AvgIpc) is 2.97. The lowest BCUT2D eigenvalue weighted by atomic mass is 9.73. The second-order valence-corrected chi connectivity index (χ2v) is 6.86. The van der Waals surface area contributed by atoms with Gasteiger partial charge in [0.1, 0.15) is 5.69 Å². The zero-order valence-corrected chi connectivity index (χ0v) is 12.0. The number of nitrogens with zero attached hydrogens (tertiary/aromatic N) is 3. The van der Waals surface area contributed by atoms with Gasteiger partial charge in [0.15, 0.2) is 11.0 Å². The number of rotatable bonds is 2. The minimum Gasteiger partial charge on any atom is -0.375 e. The van der Waals surface area contributed by atoms with E-state index in [1.165, 1.54) is 24.2 Å². The number of nitrogen functional groups attached to an aromatic ring is 1. The fourth-order valence-corrected chi connectivity index (χ4v) is 3.08. The van der Waals surface area contributed by atoms with Crippen LogP contribution in [-0.4, -0.2) is 15.1 Å². The van der Waals surface area contributed by atoms with Gasteiger partial charge in [-0.25, -0.2) is 4.98 Å². The van der Waals surface area contributed by atoms with Crippen LogP contribution in [0, 0.1) is 5.41 Å². The molecule has 19 heavy (non-hydrogen) atoms. The van der Waals surface area contributed by atoms with Crippen LogP contribution in [0.5, 0.6) is 0 Å². The van der Waals surface area contributed by atoms with Crippen LogP contribution < -0.4 is 5.73 Å². The summed E-state index contributed by atoms with van der Waals surface area (Å²) in [5, 5.41) is 6.48. The number of anilines is 1. The summed E-state index contributed by atoms with van der Waals surface area (Å²) in [5.74, 6) is 1.71. The first-order chi connectivity index (χ1) is 9.03. The van der Waals surface area contributed by atoms with E-state index in [0.29, 0.717) is 28.0 Å². The SMILES string of the molecule is CC1(C)CCC(c2noc(-c3csc(N)n3)n2)CC1. The van der Waals surface area contributed by atoms with Gasteiger partial charge >= 0.3 is 0 Å². The standard InChI is InChI=1S/C13H18N4OS/c1-13(2)5-3-8(4-6-13)10-16-11(18-17-10)9-7-19-12(14)15-9/h7-8H,3-6H2,1-2H3,(H2,14,15). The first-order valence-electron chi connectivity index (χ1n) is 6.58. The Bertz CT molecular complexity index is 565. The Kier molecular flexibility index (Phi) is 3.05. The number of nitrogens with two attached hydrogens (primary N) is 1. The molecule has 5 nitrogen and oxygen atoms in total. The molecule has 3 rings (SSSR count). The van der Waals surface area contributed by atoms with Crippen LogP contribution in [-0.2, 0) is 0 Å². The molecule has 6 heteroatoms. The van der Waals surface area contributed by atoms with Crippen molar-refractivity contribution in [2.75, 3.05) is 5.73 Å². The summed E-state index contributed by atoms with van der Waals surface area (Å²) in [7, 11) is 0. The van der Waals surface area contributed by atoms with Crippen molar-refractivity contribution < 1.29 is 4.52 Å². The molecular formula is C13H18N4OS. The van der Waals surface area contributed by atoms with E-state index in [0.717, 1.165) is 18.7 Å². The van der Waals surface area contributed by atoms with E-state index >= 15 is 0 Å². The minimum atomic E-state index is 0.418. The van der Waals surface area contributed by atoms with Gasteiger partial charge in [0, 0.05) is 11.3 Å². The number of thiazole rings is 1. The van der Waals surface area contributed by atoms with Gasteiger partial charge in [-0.1, -0.05) is 19.0 Å². The predicted molar refractivity (Wildman–Crippen MR) is 74.8 cm³/mol. The van der Waals surface area contributed by atoms with E-state index in [1.807, 2.05) is 5.38 Å². The molecule has 0 aromatic carbocycles. The lowest BCUT2D eigenvalue weighted by molar-refractivity contribution is 0.218. The van der Waals surface area contributed by atoms with Crippen LogP contribution in [0.25, 0.3) is 11.6 Å². The molecule has 2 heterocycles. The zero-order chi connectivity index (χ0) is 13.5. The second kappa shape index (κ2) is 4.59. The molecule has 2 N–H and O–H groups in total. The van der Waals surface area contributed by atoms with Gasteiger partial charge in [-0.2, -0.15) is 4.98 Å². The Balaban J connectivity index is 1.75. The number of hydrogen-bond acceptors (Lipinski definition) is 6. The topological polar surface area (TPSA) is 77.8 Å². The van der Waals surface area contributed by atoms with E-state index in [2.05, 4.69) is 29.0 Å². The quantitative estimate of drug-likeness (QED) is 0.910. The molecule has 2 aromatic heterocycles. The van der Waals surface area contributed by atoms with E-state index in [1.54, 1.807) is 0 Å². The maximum absolute atomic E-state index is 5.61. The molecule has 0 saturated heterocycles. The minimum absolute atomic E-state index is 0.418. The molecule has 0 bridgehead atoms. The van der Waals surface area contributed by atoms with Gasteiger partial charge in [-0.15, -0.1) is 11.3 Å². The van der Waals surface area contributed by atoms with E-state index in [9.17, 15) is 0 Å². The van der Waals surface area contributed by atoms with Crippen LogP contribution in [0.2, 0.25) is 0 Å². The van der Waals surface area contributed by atoms with Crippen molar-refractivity contribution in [3.63, 3.8) is 0 Å². The molecular weight excluding hydrogens is 260 g/mol. The molecule has 0 atom stereocenters. The zero-order valence-electron chi connectivity index (χ0n) is 11.2. The first-order valence-corrected chi connectivity index (χ1v) is 7.46. The third-order valence-electron chi connectivity index (χ3n) is 3.89. The van der Waals surface area contributed by atoms with Crippen LogP contribution in [0.3, 0.4) is 0 Å². The summed E-state index contributed by atoms with van der Waals surface area (Å²) >= 11 is 1.38. The van der Waals surface area contributed by atoms with Gasteiger partial charge in [0.2, 0.25) is 0 Å². The molecule has 1 aliphatic carbocycles. The van der Waals surface area contributed by atoms with E-state index < -0.39 is 0 Å². The van der Waals surface area contributed by atoms with Crippen LogP contribution >= 0.6 is 11.3 Å². The van der Waals surface area contributed by atoms with Gasteiger partial charge in [-0.3, -0.25) is 0 Å². The van der Waals surface area contributed by atoms with Crippen molar-refractivity contribution in [3.8, 4) is 11.6 Å². The third-order valence-corrected chi connectivity index (χ3v) is 4.56. The third kappa shape index (κ3) is 2.63. The summed E-state index contributed by atoms with van der Waals surface area (Å²) < 4.78 is 5.30. The number of hydrogen-bond donors (Lipinski definition) is 1. The normalized spacial score (nSPS) is 19.7. The molecule has 2 aromatic rings. The fraction of sp³-hybridized carbons (Fsp3) is 0.615. The van der Waals surface area contributed by atoms with Gasteiger partial charge in [0.25, 0.3) is 5.89 Å². The average molecular weight is 278 g/mol. The van der Waals surface area contributed by atoms with Crippen molar-refractivity contribution in [1.82, 2.24) is 15.1 Å². The molecule has 0 radical (unpaired) electrons. The molecule has 0 aliphatic heterocycles. The number of aromatic nitrogens is 3. The maximum Gasteiger partial charge on any atom is 0.277 e. The largest absolute Gasteiger partial charge is 0.375 e. The molecule has 102 valence electrons. The van der Waals surface area contributed by atoms with Crippen LogP contribution in [0.4, 0.5) is 5.13 Å². The highest BCUT2D eigenvalue weighted by molar-refractivity contribution is 7.13. The molecule has 1 aliphatic rings. The van der Waals surface area contributed by atoms with E-state index in [-0.39, 0.29) is 0 Å². The lowest BCUT2D eigenvalue weighted by Gasteiger charge is -2.32. The summed E-state index contributed by atoms with van der Waals surface area (Å²) in [5.41, 5.74) is 6.74. The Hall–Kier alpha value is -1.43. The monoisotopic (exact) mass is 278 g/mol. The Morgan fingerprint density at radius 3 is 2.68 bits per heavy atom. The van der Waals surface area contributed by atoms with Gasteiger partial charge in [-0.05, 0) is 31.1 Å². The highest BCUT2D eigenvalue weighted by atomic mass is 32.1. The maximum atomic E-state index is 5.61. The van der Waals surface area contributed by atoms with Crippen LogP contribution in [0.15, 0.2) is 9.90 Å². The first kappa shape index (κ1) is 12.6. The summed E-state index contributed by atoms with van der Waals surface area (Å²) in [6.45, 7) is 4.64. The molecule has 0 unspecified atom stereocenters. The molecule has 1 fully saturated rings. The highest BCUT2D eigenvalue weighted by Gasteiger charge is 2.30. The summed E-state index contributed by atoms with van der Waals surface area (Å²) in [6.07, 6.45) is 4.69. The lowest BCUT2D eigenvalue weighted by Crippen LogP contribution is -2.20. The smallest absolute Gasteiger partial charge is 0.277 e. The van der Waals surface area contributed by atoms with Crippen molar-refractivity contribution >= 4 is 16.5 Å². The summed E-state index contributed by atoms with van der Waals surface area (Å²) in [6, 6.07) is 0. The van der Waals surface area contributed by atoms with Crippen LogP contribution in [0.1, 0.15) is 51.3 Å². The van der Waals surface area contributed by atoms with Crippen molar-refractivity contribution in [2.24, 2.45) is 5.41 Å². The van der Waals surface area contributed by atoms with Gasteiger partial charge in [0.05, 0.1) is 0 Å². The predicted octanol–water partition coefficient (Wildman–Crippen LogP) is 3.46. The van der Waals surface area contributed by atoms with Gasteiger partial charge < -0.3 is 10.3 Å². The van der Waals surface area contributed by atoms with Crippen molar-refractivity contribution in [3.05, 3.63) is 11.2 Å². The molecule has 0 spiro atoms. The van der Waals surface area contributed by atoms with E-state index in [4.69, 9.17) is 10.3 Å². The Morgan fingerprint density at radius 2 is 2.05 bits per heavy atom.